The Hall–Kier alpha value is -4.03. The number of amides is 1. The Morgan fingerprint density at radius 2 is 1.79 bits per heavy atom. The number of ether oxygens (including phenoxy) is 2. The molecule has 2 aliphatic heterocycles. The van der Waals surface area contributed by atoms with Gasteiger partial charge < -0.3 is 19.3 Å². The number of rotatable bonds is 4. The highest BCUT2D eigenvalue weighted by Gasteiger charge is 2.43. The van der Waals surface area contributed by atoms with E-state index in [0.717, 1.165) is 4.68 Å². The van der Waals surface area contributed by atoms with Crippen LogP contribution in [0, 0.1) is 0 Å². The number of halogens is 3. The number of aliphatic imine (C=N–C) groups is 1. The molecule has 1 aromatic carbocycles. The van der Waals surface area contributed by atoms with Crippen LogP contribution in [0.3, 0.4) is 0 Å². The standard InChI is InChI=1S/C25H26F3N7O4/c1-24(2,3)39-23(37)33-9-17-11-38-12-18(10-33)35(17)22-19-8-30-34(13-25(26,27)28)21(19)31-20(32-22)15-4-6-16(7-5-15)29-14-36/h4-8,17-18H,9-13H2,1-3H3. The van der Waals surface area contributed by atoms with Gasteiger partial charge in [0.25, 0.3) is 0 Å². The Balaban J connectivity index is 1.58. The fraction of sp³-hybridized carbons (Fsp3) is 0.480. The molecule has 0 aliphatic carbocycles. The van der Waals surface area contributed by atoms with Crippen LogP contribution < -0.4 is 4.90 Å². The van der Waals surface area contributed by atoms with Crippen LogP contribution in [-0.2, 0) is 20.8 Å². The maximum Gasteiger partial charge on any atom is 0.410 e. The zero-order valence-electron chi connectivity index (χ0n) is 21.5. The van der Waals surface area contributed by atoms with E-state index in [4.69, 9.17) is 14.5 Å². The third-order valence-corrected chi connectivity index (χ3v) is 6.27. The van der Waals surface area contributed by atoms with Gasteiger partial charge in [0.1, 0.15) is 18.0 Å². The number of morpholine rings is 1. The van der Waals surface area contributed by atoms with E-state index >= 15 is 0 Å². The molecule has 2 aromatic heterocycles. The van der Waals surface area contributed by atoms with Crippen molar-refractivity contribution in [2.75, 3.05) is 31.2 Å². The molecule has 4 heterocycles. The second-order valence-electron chi connectivity index (χ2n) is 10.4. The van der Waals surface area contributed by atoms with Gasteiger partial charge in [0, 0.05) is 18.7 Å². The Morgan fingerprint density at radius 1 is 1.13 bits per heavy atom. The number of anilines is 1. The van der Waals surface area contributed by atoms with E-state index in [2.05, 4.69) is 15.1 Å². The lowest BCUT2D eigenvalue weighted by Crippen LogP contribution is -2.66. The summed E-state index contributed by atoms with van der Waals surface area (Å²) in [6, 6.07) is 5.70. The number of aromatic nitrogens is 4. The van der Waals surface area contributed by atoms with Crippen molar-refractivity contribution < 1.29 is 32.2 Å². The summed E-state index contributed by atoms with van der Waals surface area (Å²) in [5.41, 5.74) is 0.238. The van der Waals surface area contributed by atoms with Crippen LogP contribution in [0.15, 0.2) is 35.5 Å². The van der Waals surface area contributed by atoms with Gasteiger partial charge in [-0.1, -0.05) is 0 Å². The van der Waals surface area contributed by atoms with E-state index < -0.39 is 24.4 Å². The van der Waals surface area contributed by atoms with Crippen LogP contribution in [-0.4, -0.2) is 87.0 Å². The van der Waals surface area contributed by atoms with Crippen molar-refractivity contribution >= 4 is 34.7 Å². The number of hydrogen-bond donors (Lipinski definition) is 0. The molecule has 0 saturated carbocycles. The highest BCUT2D eigenvalue weighted by atomic mass is 19.4. The molecule has 2 aliphatic rings. The van der Waals surface area contributed by atoms with Gasteiger partial charge in [0.05, 0.1) is 42.6 Å². The van der Waals surface area contributed by atoms with Crippen molar-refractivity contribution in [1.29, 1.82) is 0 Å². The van der Waals surface area contributed by atoms with Crippen LogP contribution >= 0.6 is 0 Å². The molecule has 2 atom stereocenters. The highest BCUT2D eigenvalue weighted by Crippen LogP contribution is 2.35. The molecule has 2 unspecified atom stereocenters. The normalized spacial score (nSPS) is 19.6. The molecule has 1 amide bonds. The Bertz CT molecular complexity index is 1410. The van der Waals surface area contributed by atoms with Crippen LogP contribution in [0.25, 0.3) is 22.4 Å². The first-order valence-electron chi connectivity index (χ1n) is 12.2. The van der Waals surface area contributed by atoms with Crippen molar-refractivity contribution in [2.24, 2.45) is 4.99 Å². The molecule has 2 saturated heterocycles. The number of hydrogen-bond acceptors (Lipinski definition) is 9. The fourth-order valence-corrected chi connectivity index (χ4v) is 4.77. The lowest BCUT2D eigenvalue weighted by Gasteiger charge is -2.50. The maximum atomic E-state index is 13.3. The van der Waals surface area contributed by atoms with Crippen molar-refractivity contribution in [3.05, 3.63) is 30.5 Å². The predicted molar refractivity (Wildman–Crippen MR) is 133 cm³/mol. The highest BCUT2D eigenvalue weighted by molar-refractivity contribution is 5.89. The second-order valence-corrected chi connectivity index (χ2v) is 10.4. The number of piperazine rings is 1. The number of isocyanates is 1. The third kappa shape index (κ3) is 5.71. The van der Waals surface area contributed by atoms with E-state index in [1.807, 2.05) is 4.90 Å². The minimum Gasteiger partial charge on any atom is -0.444 e. The summed E-state index contributed by atoms with van der Waals surface area (Å²) in [4.78, 5) is 39.8. The summed E-state index contributed by atoms with van der Waals surface area (Å²) in [7, 11) is 0. The van der Waals surface area contributed by atoms with Gasteiger partial charge in [-0.25, -0.2) is 24.2 Å². The second kappa shape index (κ2) is 9.93. The molecule has 0 N–H and O–H groups in total. The summed E-state index contributed by atoms with van der Waals surface area (Å²) in [6.07, 6.45) is -2.16. The molecule has 11 nitrogen and oxygen atoms in total. The molecule has 206 valence electrons. The molecule has 2 fully saturated rings. The van der Waals surface area contributed by atoms with Crippen molar-refractivity contribution in [2.45, 2.75) is 51.2 Å². The molecule has 3 aromatic rings. The first kappa shape index (κ1) is 26.6. The van der Waals surface area contributed by atoms with Gasteiger partial charge >= 0.3 is 12.3 Å². The van der Waals surface area contributed by atoms with E-state index in [-0.39, 0.29) is 49.9 Å². The number of benzene rings is 1. The third-order valence-electron chi connectivity index (χ3n) is 6.27. The first-order chi connectivity index (χ1) is 18.4. The number of carbonyl (C=O) groups excluding carboxylic acids is 2. The molecular weight excluding hydrogens is 519 g/mol. The lowest BCUT2D eigenvalue weighted by molar-refractivity contribution is -0.141. The molecule has 39 heavy (non-hydrogen) atoms. The van der Waals surface area contributed by atoms with E-state index in [0.29, 0.717) is 22.5 Å². The van der Waals surface area contributed by atoms with Crippen molar-refractivity contribution in [3.63, 3.8) is 0 Å². The Labute approximate surface area is 221 Å². The van der Waals surface area contributed by atoms with Gasteiger partial charge in [-0.05, 0) is 45.0 Å². The molecule has 0 spiro atoms. The first-order valence-corrected chi connectivity index (χ1v) is 12.2. The Morgan fingerprint density at radius 3 is 2.38 bits per heavy atom. The monoisotopic (exact) mass is 545 g/mol. The molecular formula is C25H26F3N7O4. The average molecular weight is 546 g/mol. The minimum atomic E-state index is -4.51. The smallest absolute Gasteiger partial charge is 0.410 e. The summed E-state index contributed by atoms with van der Waals surface area (Å²) in [5.74, 6) is 0.581. The minimum absolute atomic E-state index is 0.0240. The molecule has 14 heteroatoms. The maximum absolute atomic E-state index is 13.3. The van der Waals surface area contributed by atoms with Crippen LogP contribution in [0.5, 0.6) is 0 Å². The van der Waals surface area contributed by atoms with E-state index in [9.17, 15) is 22.8 Å². The predicted octanol–water partition coefficient (Wildman–Crippen LogP) is 3.85. The van der Waals surface area contributed by atoms with Crippen molar-refractivity contribution in [3.8, 4) is 11.4 Å². The topological polar surface area (TPSA) is 115 Å². The van der Waals surface area contributed by atoms with Gasteiger partial charge in [-0.2, -0.15) is 23.3 Å². The van der Waals surface area contributed by atoms with E-state index in [1.165, 1.54) is 12.3 Å². The van der Waals surface area contributed by atoms with Crippen LogP contribution in [0.2, 0.25) is 0 Å². The molecule has 2 bridgehead atoms. The van der Waals surface area contributed by atoms with Crippen LogP contribution in [0.4, 0.5) is 29.5 Å². The van der Waals surface area contributed by atoms with Crippen LogP contribution in [0.1, 0.15) is 20.8 Å². The fourth-order valence-electron chi connectivity index (χ4n) is 4.77. The lowest BCUT2D eigenvalue weighted by atomic mass is 10.0. The number of fused-ring (bicyclic) bond motifs is 3. The van der Waals surface area contributed by atoms with Gasteiger partial charge in [-0.15, -0.1) is 0 Å². The van der Waals surface area contributed by atoms with Gasteiger partial charge in [-0.3, -0.25) is 0 Å². The number of carbonyl (C=O) groups is 1. The zero-order chi connectivity index (χ0) is 27.9. The summed E-state index contributed by atoms with van der Waals surface area (Å²) in [6.45, 7) is 5.18. The summed E-state index contributed by atoms with van der Waals surface area (Å²) in [5, 5.41) is 4.33. The van der Waals surface area contributed by atoms with Gasteiger partial charge in [0.2, 0.25) is 6.08 Å². The van der Waals surface area contributed by atoms with Gasteiger partial charge in [0.15, 0.2) is 11.5 Å². The SMILES string of the molecule is CC(C)(C)OC(=O)N1CC2COCC(C1)N2c1nc(-c2ccc(N=C=O)cc2)nc2c1cnn2CC(F)(F)F. The quantitative estimate of drug-likeness (QED) is 0.359. The zero-order valence-corrected chi connectivity index (χ0v) is 21.5. The summed E-state index contributed by atoms with van der Waals surface area (Å²) < 4.78 is 52.2. The summed E-state index contributed by atoms with van der Waals surface area (Å²) >= 11 is 0. The van der Waals surface area contributed by atoms with Crippen molar-refractivity contribution in [1.82, 2.24) is 24.6 Å². The molecule has 0 radical (unpaired) electrons. The number of nitrogens with zero attached hydrogens (tertiary/aromatic N) is 7. The largest absolute Gasteiger partial charge is 0.444 e. The van der Waals surface area contributed by atoms with E-state index in [1.54, 1.807) is 49.9 Å². The average Bonchev–Trinajstić information content (AvgIpc) is 3.23. The Kier molecular flexibility index (Phi) is 6.77. The number of alkyl halides is 3. The molecule has 5 rings (SSSR count).